The number of rotatable bonds is 5. The van der Waals surface area contributed by atoms with E-state index in [4.69, 9.17) is 0 Å². The third kappa shape index (κ3) is 2.69. The van der Waals surface area contributed by atoms with E-state index in [1.165, 1.54) is 18.2 Å². The smallest absolute Gasteiger partial charge is 0.269 e. The van der Waals surface area contributed by atoms with Gasteiger partial charge >= 0.3 is 0 Å². The minimum Gasteiger partial charge on any atom is -0.271 e. The van der Waals surface area contributed by atoms with Crippen LogP contribution in [0.25, 0.3) is 0 Å². The van der Waals surface area contributed by atoms with Crippen LogP contribution < -0.4 is 0 Å². The molecular weight excluding hydrogens is 282 g/mol. The van der Waals surface area contributed by atoms with E-state index in [-0.39, 0.29) is 15.6 Å². The summed E-state index contributed by atoms with van der Waals surface area (Å²) >= 11 is 0. The predicted molar refractivity (Wildman–Crippen MR) is 71.1 cm³/mol. The lowest BCUT2D eigenvalue weighted by molar-refractivity contribution is -0.384. The summed E-state index contributed by atoms with van der Waals surface area (Å²) in [5.41, 5.74) is -0.152. The summed E-state index contributed by atoms with van der Waals surface area (Å²) in [5, 5.41) is 14.5. The van der Waals surface area contributed by atoms with Gasteiger partial charge in [-0.2, -0.15) is 5.10 Å². The number of hydrogen-bond donors (Lipinski definition) is 0. The van der Waals surface area contributed by atoms with Gasteiger partial charge in [0, 0.05) is 24.9 Å². The minimum absolute atomic E-state index is 0.00940. The van der Waals surface area contributed by atoms with Crippen molar-refractivity contribution in [2.24, 2.45) is 0 Å². The Morgan fingerprint density at radius 3 is 2.45 bits per heavy atom. The SMILES string of the molecule is CCCn1ccc(S(=O)(=O)c2ccc([N+](=O)[O-])cc2)n1. The van der Waals surface area contributed by atoms with Gasteiger partial charge < -0.3 is 0 Å². The fraction of sp³-hybridized carbons (Fsp3) is 0.250. The molecule has 0 saturated heterocycles. The van der Waals surface area contributed by atoms with E-state index in [0.717, 1.165) is 18.6 Å². The molecule has 0 radical (unpaired) electrons. The lowest BCUT2D eigenvalue weighted by atomic mass is 10.3. The van der Waals surface area contributed by atoms with E-state index in [0.29, 0.717) is 6.54 Å². The summed E-state index contributed by atoms with van der Waals surface area (Å²) in [6, 6.07) is 6.18. The first-order valence-corrected chi connectivity index (χ1v) is 7.46. The van der Waals surface area contributed by atoms with E-state index >= 15 is 0 Å². The zero-order chi connectivity index (χ0) is 14.8. The summed E-state index contributed by atoms with van der Waals surface area (Å²) in [6.07, 6.45) is 2.44. The number of non-ortho nitro benzene ring substituents is 1. The molecule has 0 aliphatic carbocycles. The molecule has 106 valence electrons. The summed E-state index contributed by atoms with van der Waals surface area (Å²) < 4.78 is 26.1. The van der Waals surface area contributed by atoms with Crippen molar-refractivity contribution in [3.63, 3.8) is 0 Å². The number of sulfone groups is 1. The van der Waals surface area contributed by atoms with Crippen LogP contribution in [-0.2, 0) is 16.4 Å². The van der Waals surface area contributed by atoms with Gasteiger partial charge in [-0.05, 0) is 24.6 Å². The minimum atomic E-state index is -3.73. The van der Waals surface area contributed by atoms with Gasteiger partial charge in [-0.25, -0.2) is 8.42 Å². The van der Waals surface area contributed by atoms with Gasteiger partial charge in [0.25, 0.3) is 5.69 Å². The van der Waals surface area contributed by atoms with Crippen LogP contribution >= 0.6 is 0 Å². The second-order valence-corrected chi connectivity index (χ2v) is 6.07. The van der Waals surface area contributed by atoms with E-state index in [2.05, 4.69) is 5.10 Å². The van der Waals surface area contributed by atoms with Crippen LogP contribution in [-0.4, -0.2) is 23.1 Å². The fourth-order valence-corrected chi connectivity index (χ4v) is 2.90. The van der Waals surface area contributed by atoms with Crippen LogP contribution in [0.1, 0.15) is 13.3 Å². The van der Waals surface area contributed by atoms with Crippen molar-refractivity contribution in [1.29, 1.82) is 0 Å². The molecule has 1 aromatic heterocycles. The summed E-state index contributed by atoms with van der Waals surface area (Å²) in [6.45, 7) is 2.60. The van der Waals surface area contributed by atoms with Gasteiger partial charge in [0.2, 0.25) is 9.84 Å². The largest absolute Gasteiger partial charge is 0.271 e. The second-order valence-electron chi connectivity index (χ2n) is 4.17. The Labute approximate surface area is 115 Å². The van der Waals surface area contributed by atoms with Gasteiger partial charge in [-0.1, -0.05) is 6.92 Å². The molecular formula is C12H13N3O4S. The zero-order valence-electron chi connectivity index (χ0n) is 10.8. The second kappa shape index (κ2) is 5.41. The van der Waals surface area contributed by atoms with E-state index < -0.39 is 14.8 Å². The highest BCUT2D eigenvalue weighted by molar-refractivity contribution is 7.91. The highest BCUT2D eigenvalue weighted by Gasteiger charge is 2.21. The van der Waals surface area contributed by atoms with Crippen molar-refractivity contribution >= 4 is 15.5 Å². The van der Waals surface area contributed by atoms with E-state index in [1.807, 2.05) is 6.92 Å². The lowest BCUT2D eigenvalue weighted by Crippen LogP contribution is -2.05. The average Bonchev–Trinajstić information content (AvgIpc) is 2.88. The topological polar surface area (TPSA) is 95.1 Å². The number of benzene rings is 1. The number of hydrogen-bond acceptors (Lipinski definition) is 5. The molecule has 2 rings (SSSR count). The maximum Gasteiger partial charge on any atom is 0.269 e. The van der Waals surface area contributed by atoms with Gasteiger partial charge in [-0.3, -0.25) is 14.8 Å². The zero-order valence-corrected chi connectivity index (χ0v) is 11.6. The van der Waals surface area contributed by atoms with E-state index in [1.54, 1.807) is 10.9 Å². The lowest BCUT2D eigenvalue weighted by Gasteiger charge is -2.01. The van der Waals surface area contributed by atoms with Crippen molar-refractivity contribution in [3.8, 4) is 0 Å². The molecule has 0 fully saturated rings. The fourth-order valence-electron chi connectivity index (χ4n) is 1.71. The Balaban J connectivity index is 2.35. The first-order chi connectivity index (χ1) is 9.45. The Morgan fingerprint density at radius 1 is 1.25 bits per heavy atom. The van der Waals surface area contributed by atoms with Crippen LogP contribution in [0.4, 0.5) is 5.69 Å². The molecule has 0 saturated carbocycles. The molecule has 0 unspecified atom stereocenters. The first-order valence-electron chi connectivity index (χ1n) is 5.98. The molecule has 0 amide bonds. The van der Waals surface area contributed by atoms with Crippen LogP contribution in [0.15, 0.2) is 46.5 Å². The Bertz CT molecular complexity index is 719. The Kier molecular flexibility index (Phi) is 3.84. The van der Waals surface area contributed by atoms with Crippen LogP contribution in [0.2, 0.25) is 0 Å². The average molecular weight is 295 g/mol. The summed E-state index contributed by atoms with van der Waals surface area (Å²) in [5.74, 6) is 0. The molecule has 0 spiro atoms. The molecule has 8 heteroatoms. The molecule has 0 atom stereocenters. The third-order valence-electron chi connectivity index (χ3n) is 2.70. The highest BCUT2D eigenvalue weighted by atomic mass is 32.2. The molecule has 1 heterocycles. The quantitative estimate of drug-likeness (QED) is 0.621. The molecule has 0 bridgehead atoms. The number of nitrogens with zero attached hydrogens (tertiary/aromatic N) is 3. The van der Waals surface area contributed by atoms with Crippen LogP contribution in [0.5, 0.6) is 0 Å². The predicted octanol–water partition coefficient (Wildman–Crippen LogP) is 2.03. The van der Waals surface area contributed by atoms with Crippen molar-refractivity contribution in [1.82, 2.24) is 9.78 Å². The number of nitro groups is 1. The molecule has 0 N–H and O–H groups in total. The van der Waals surface area contributed by atoms with Crippen molar-refractivity contribution in [3.05, 3.63) is 46.6 Å². The van der Waals surface area contributed by atoms with Gasteiger partial charge in [0.15, 0.2) is 5.03 Å². The Morgan fingerprint density at radius 2 is 1.90 bits per heavy atom. The first kappa shape index (κ1) is 14.2. The molecule has 20 heavy (non-hydrogen) atoms. The number of nitro benzene ring substituents is 1. The van der Waals surface area contributed by atoms with Gasteiger partial charge in [0.1, 0.15) is 0 Å². The molecule has 7 nitrogen and oxygen atoms in total. The van der Waals surface area contributed by atoms with Crippen LogP contribution in [0.3, 0.4) is 0 Å². The van der Waals surface area contributed by atoms with Gasteiger partial charge in [-0.15, -0.1) is 0 Å². The highest BCUT2D eigenvalue weighted by Crippen LogP contribution is 2.21. The number of aryl methyl sites for hydroxylation is 1. The summed E-state index contributed by atoms with van der Waals surface area (Å²) in [7, 11) is -3.73. The van der Waals surface area contributed by atoms with Crippen molar-refractivity contribution in [2.75, 3.05) is 0 Å². The van der Waals surface area contributed by atoms with Crippen molar-refractivity contribution in [2.45, 2.75) is 29.8 Å². The van der Waals surface area contributed by atoms with E-state index in [9.17, 15) is 18.5 Å². The molecule has 0 aliphatic heterocycles. The van der Waals surface area contributed by atoms with Crippen LogP contribution in [0, 0.1) is 10.1 Å². The third-order valence-corrected chi connectivity index (χ3v) is 4.36. The Hall–Kier alpha value is -2.22. The van der Waals surface area contributed by atoms with Gasteiger partial charge in [0.05, 0.1) is 9.82 Å². The molecule has 1 aromatic carbocycles. The maximum absolute atomic E-state index is 12.3. The normalized spacial score (nSPS) is 11.4. The monoisotopic (exact) mass is 295 g/mol. The summed E-state index contributed by atoms with van der Waals surface area (Å²) in [4.78, 5) is 9.96. The molecule has 2 aromatic rings. The molecule has 0 aliphatic rings. The van der Waals surface area contributed by atoms with Crippen molar-refractivity contribution < 1.29 is 13.3 Å². The standard InChI is InChI=1S/C12H13N3O4S/c1-2-8-14-9-7-12(13-14)20(18,19)11-5-3-10(4-6-11)15(16)17/h3-7,9H,2,8H2,1H3. The maximum atomic E-state index is 12.3. The number of aromatic nitrogens is 2.